The number of nitrogens with zero attached hydrogens (tertiary/aromatic N) is 5. The van der Waals surface area contributed by atoms with Gasteiger partial charge in [-0.3, -0.25) is 14.8 Å². The second-order valence-corrected chi connectivity index (χ2v) is 20.5. The highest BCUT2D eigenvalue weighted by atomic mass is 32.2. The number of carboxylic acid groups (broad SMARTS) is 1. The Labute approximate surface area is 400 Å². The van der Waals surface area contributed by atoms with Crippen LogP contribution in [0.25, 0.3) is 22.4 Å². The Bertz CT molecular complexity index is 2860. The first-order chi connectivity index (χ1) is 32.5. The van der Waals surface area contributed by atoms with Crippen molar-refractivity contribution in [3.05, 3.63) is 149 Å². The van der Waals surface area contributed by atoms with Gasteiger partial charge in [0.2, 0.25) is 0 Å². The third-order valence-corrected chi connectivity index (χ3v) is 15.6. The predicted molar refractivity (Wildman–Crippen MR) is 268 cm³/mol. The van der Waals surface area contributed by atoms with Crippen LogP contribution < -0.4 is 19.8 Å². The van der Waals surface area contributed by atoms with Crippen molar-refractivity contribution in [2.75, 3.05) is 71.4 Å². The molecule has 2 fully saturated rings. The zero-order valence-corrected chi connectivity index (χ0v) is 39.9. The fraction of sp³-hybridized carbons (Fsp3) is 0.314. The van der Waals surface area contributed by atoms with E-state index in [1.807, 2.05) is 85.3 Å². The first-order valence-corrected chi connectivity index (χ1v) is 25.1. The van der Waals surface area contributed by atoms with Gasteiger partial charge >= 0.3 is 5.97 Å². The van der Waals surface area contributed by atoms with Gasteiger partial charge in [0.1, 0.15) is 11.5 Å². The highest BCUT2D eigenvalue weighted by Gasteiger charge is 2.30. The van der Waals surface area contributed by atoms with Crippen LogP contribution in [-0.4, -0.2) is 102 Å². The SMILES string of the molecule is Cc1c(C(=O)O)c(-c2cccc(N3CCN(c4ccc(NS(=O)(=O)c5ccc(N[C@H](CCN6CCC(C)(O)CC6)CSc6ccccc6)c([N+](=O)[O-])c5)cc4)CC3)c2)c(-c2ccc(F)cc2)n1C. The van der Waals surface area contributed by atoms with Gasteiger partial charge in [-0.15, -0.1) is 11.8 Å². The number of aromatic carboxylic acids is 1. The fourth-order valence-electron chi connectivity index (χ4n) is 9.01. The molecule has 2 aliphatic rings. The lowest BCUT2D eigenvalue weighted by molar-refractivity contribution is -0.384. The molecule has 2 aliphatic heterocycles. The number of aliphatic hydroxyl groups is 1. The van der Waals surface area contributed by atoms with E-state index in [2.05, 4.69) is 24.7 Å². The van der Waals surface area contributed by atoms with Gasteiger partial charge in [-0.25, -0.2) is 17.6 Å². The molecule has 14 nitrogen and oxygen atoms in total. The Balaban J connectivity index is 0.916. The average Bonchev–Trinajstić information content (AvgIpc) is 3.60. The number of aromatic nitrogens is 1. The highest BCUT2D eigenvalue weighted by Crippen LogP contribution is 2.40. The number of sulfonamides is 1. The molecule has 5 aromatic carbocycles. The maximum Gasteiger partial charge on any atom is 0.338 e. The van der Waals surface area contributed by atoms with Crippen molar-refractivity contribution in [2.24, 2.45) is 7.05 Å². The maximum atomic E-state index is 13.9. The average molecular weight is 962 g/mol. The molecule has 356 valence electrons. The molecular formula is C51H56FN7O7S2. The van der Waals surface area contributed by atoms with E-state index >= 15 is 0 Å². The molecule has 2 saturated heterocycles. The number of nitrogens with one attached hydrogen (secondary N) is 2. The van der Waals surface area contributed by atoms with Crippen LogP contribution in [-0.2, 0) is 17.1 Å². The van der Waals surface area contributed by atoms with Crippen LogP contribution in [0.1, 0.15) is 42.2 Å². The van der Waals surface area contributed by atoms with Crippen molar-refractivity contribution in [2.45, 2.75) is 54.5 Å². The maximum absolute atomic E-state index is 13.9. The van der Waals surface area contributed by atoms with Gasteiger partial charge < -0.3 is 34.8 Å². The predicted octanol–water partition coefficient (Wildman–Crippen LogP) is 9.35. The number of likely N-dealkylation sites (tertiary alicyclic amines) is 1. The quantitative estimate of drug-likeness (QED) is 0.0388. The van der Waals surface area contributed by atoms with Crippen LogP contribution in [0.15, 0.2) is 131 Å². The summed E-state index contributed by atoms with van der Waals surface area (Å²) in [7, 11) is -2.39. The molecule has 0 unspecified atom stereocenters. The number of anilines is 4. The molecule has 4 N–H and O–H groups in total. The number of nitro benzene ring substituents is 1. The normalized spacial score (nSPS) is 15.8. The number of rotatable bonds is 17. The third-order valence-electron chi connectivity index (χ3n) is 13.0. The molecule has 1 atom stereocenters. The van der Waals surface area contributed by atoms with Gasteiger partial charge in [0.15, 0.2) is 0 Å². The number of piperazine rings is 1. The number of carbonyl (C=O) groups is 1. The van der Waals surface area contributed by atoms with Crippen molar-refractivity contribution >= 4 is 56.2 Å². The zero-order valence-electron chi connectivity index (χ0n) is 38.3. The topological polar surface area (TPSA) is 174 Å². The second kappa shape index (κ2) is 20.4. The first-order valence-electron chi connectivity index (χ1n) is 22.6. The lowest BCUT2D eigenvalue weighted by Gasteiger charge is -2.37. The minimum atomic E-state index is -4.21. The van der Waals surface area contributed by atoms with E-state index < -0.39 is 26.5 Å². The van der Waals surface area contributed by atoms with E-state index in [0.29, 0.717) is 79.4 Å². The number of nitro groups is 1. The number of halogens is 1. The minimum absolute atomic E-state index is 0.170. The van der Waals surface area contributed by atoms with Crippen molar-refractivity contribution < 1.29 is 32.7 Å². The largest absolute Gasteiger partial charge is 0.478 e. The van der Waals surface area contributed by atoms with Gasteiger partial charge in [-0.05, 0) is 129 Å². The van der Waals surface area contributed by atoms with Crippen LogP contribution in [0, 0.1) is 22.9 Å². The summed E-state index contributed by atoms with van der Waals surface area (Å²) >= 11 is 1.64. The zero-order chi connectivity index (χ0) is 48.2. The Hall–Kier alpha value is -6.40. The highest BCUT2D eigenvalue weighted by molar-refractivity contribution is 7.99. The number of benzene rings is 5. The van der Waals surface area contributed by atoms with Gasteiger partial charge in [0.25, 0.3) is 15.7 Å². The number of hydrogen-bond acceptors (Lipinski definition) is 11. The summed E-state index contributed by atoms with van der Waals surface area (Å²) in [6.45, 7) is 8.56. The van der Waals surface area contributed by atoms with E-state index in [1.54, 1.807) is 43.0 Å². The minimum Gasteiger partial charge on any atom is -0.478 e. The second-order valence-electron chi connectivity index (χ2n) is 17.8. The molecule has 0 radical (unpaired) electrons. The van der Waals surface area contributed by atoms with Crippen molar-refractivity contribution in [1.29, 1.82) is 0 Å². The lowest BCUT2D eigenvalue weighted by Crippen LogP contribution is -2.46. The first kappa shape index (κ1) is 48.1. The monoisotopic (exact) mass is 961 g/mol. The van der Waals surface area contributed by atoms with Crippen molar-refractivity contribution in [3.63, 3.8) is 0 Å². The van der Waals surface area contributed by atoms with E-state index in [4.69, 9.17) is 0 Å². The van der Waals surface area contributed by atoms with Gasteiger partial charge in [-0.2, -0.15) is 0 Å². The summed E-state index contributed by atoms with van der Waals surface area (Å²) in [5.41, 5.74) is 4.86. The molecule has 1 aromatic heterocycles. The molecule has 8 rings (SSSR count). The third kappa shape index (κ3) is 11.1. The van der Waals surface area contributed by atoms with Crippen molar-refractivity contribution in [3.8, 4) is 22.4 Å². The molecule has 3 heterocycles. The summed E-state index contributed by atoms with van der Waals surface area (Å²) in [4.78, 5) is 32.1. The summed E-state index contributed by atoms with van der Waals surface area (Å²) in [5.74, 6) is -0.791. The number of piperidine rings is 1. The summed E-state index contributed by atoms with van der Waals surface area (Å²) < 4.78 is 45.7. The Kier molecular flexibility index (Phi) is 14.5. The van der Waals surface area contributed by atoms with Crippen molar-refractivity contribution in [1.82, 2.24) is 9.47 Å². The van der Waals surface area contributed by atoms with Gasteiger partial charge in [0.05, 0.1) is 26.7 Å². The Morgan fingerprint density at radius 3 is 2.16 bits per heavy atom. The summed E-state index contributed by atoms with van der Waals surface area (Å²) in [5, 5.41) is 36.6. The molecule has 6 aromatic rings. The standard InChI is InChI=1S/C51H56FN7O7S2/c1-35-47(50(60)61)48(49(55(35)3)36-12-14-38(52)15-13-36)37-8-7-9-42(32-37)58-30-28-57(29-31-58)41-18-16-39(17-19-41)54-68(65,66)44-20-21-45(46(33-44)59(63)64)53-40(34-67-43-10-5-4-6-11-43)22-25-56-26-23-51(2,62)24-27-56/h4-21,32-33,40,53-54,62H,22-31,34H2,1-3H3,(H,60,61)/t40-/m1/s1. The molecular weight excluding hydrogens is 906 g/mol. The Morgan fingerprint density at radius 2 is 1.51 bits per heavy atom. The van der Waals surface area contributed by atoms with E-state index in [9.17, 15) is 37.9 Å². The van der Waals surface area contributed by atoms with Crippen LogP contribution in [0.3, 0.4) is 0 Å². The summed E-state index contributed by atoms with van der Waals surface area (Å²) in [6, 6.07) is 34.6. The molecule has 0 bridgehead atoms. The lowest BCUT2D eigenvalue weighted by atomic mass is 9.94. The molecule has 17 heteroatoms. The van der Waals surface area contributed by atoms with Crippen LogP contribution in [0.2, 0.25) is 0 Å². The summed E-state index contributed by atoms with van der Waals surface area (Å²) in [6.07, 6.45) is 2.05. The smallest absolute Gasteiger partial charge is 0.338 e. The molecule has 0 aliphatic carbocycles. The van der Waals surface area contributed by atoms with Crippen LogP contribution in [0.4, 0.5) is 32.8 Å². The van der Waals surface area contributed by atoms with Crippen LogP contribution in [0.5, 0.6) is 0 Å². The van der Waals surface area contributed by atoms with E-state index in [-0.39, 0.29) is 33.7 Å². The number of hydrogen-bond donors (Lipinski definition) is 4. The fourth-order valence-corrected chi connectivity index (χ4v) is 11.1. The van der Waals surface area contributed by atoms with Crippen LogP contribution >= 0.6 is 11.8 Å². The Morgan fingerprint density at radius 1 is 0.853 bits per heavy atom. The van der Waals surface area contributed by atoms with E-state index in [0.717, 1.165) is 47.5 Å². The molecule has 0 saturated carbocycles. The van der Waals surface area contributed by atoms with Gasteiger partial charge in [-0.1, -0.05) is 30.3 Å². The number of thioether (sulfide) groups is 1. The number of carboxylic acids is 1. The van der Waals surface area contributed by atoms with Gasteiger partial charge in [0, 0.05) is 104 Å². The molecule has 68 heavy (non-hydrogen) atoms. The molecule has 0 amide bonds. The van der Waals surface area contributed by atoms with E-state index in [1.165, 1.54) is 24.3 Å². The molecule has 0 spiro atoms.